The van der Waals surface area contributed by atoms with Crippen molar-refractivity contribution < 1.29 is 0 Å². The van der Waals surface area contributed by atoms with Crippen LogP contribution in [0.2, 0.25) is 5.02 Å². The molecule has 2 N–H and O–H groups in total. The summed E-state index contributed by atoms with van der Waals surface area (Å²) in [5.74, 6) is 0. The van der Waals surface area contributed by atoms with Gasteiger partial charge in [0.1, 0.15) is 5.65 Å². The van der Waals surface area contributed by atoms with Gasteiger partial charge < -0.3 is 10.1 Å². The van der Waals surface area contributed by atoms with Gasteiger partial charge in [-0.15, -0.1) is 0 Å². The fourth-order valence-electron chi connectivity index (χ4n) is 2.24. The van der Waals surface area contributed by atoms with Crippen molar-refractivity contribution in [1.29, 1.82) is 0 Å². The van der Waals surface area contributed by atoms with Gasteiger partial charge in [-0.1, -0.05) is 29.8 Å². The quantitative estimate of drug-likeness (QED) is 0.776. The third-order valence-corrected chi connectivity index (χ3v) is 3.49. The Morgan fingerprint density at radius 1 is 1.26 bits per heavy atom. The lowest BCUT2D eigenvalue weighted by Crippen LogP contribution is -1.98. The largest absolute Gasteiger partial charge is 0.326 e. The van der Waals surface area contributed by atoms with Crippen LogP contribution < -0.4 is 5.73 Å². The first kappa shape index (κ1) is 12.2. The molecule has 3 rings (SSSR count). The van der Waals surface area contributed by atoms with E-state index < -0.39 is 0 Å². The van der Waals surface area contributed by atoms with Gasteiger partial charge >= 0.3 is 0 Å². The Bertz CT molecular complexity index is 746. The number of hydrogen-bond donors (Lipinski definition) is 1. The molecule has 2 aromatic heterocycles. The minimum atomic E-state index is 0.528. The molecule has 4 heteroatoms. The molecule has 0 aliphatic heterocycles. The Hall–Kier alpha value is -1.84. The molecule has 3 nitrogen and oxygen atoms in total. The summed E-state index contributed by atoms with van der Waals surface area (Å²) in [6.07, 6.45) is 2.03. The highest BCUT2D eigenvalue weighted by atomic mass is 35.5. The van der Waals surface area contributed by atoms with E-state index in [0.717, 1.165) is 33.2 Å². The molecular formula is C15H14ClN3. The molecule has 96 valence electrons. The molecule has 0 spiro atoms. The maximum absolute atomic E-state index is 6.04. The number of imidazole rings is 1. The Morgan fingerprint density at radius 3 is 2.84 bits per heavy atom. The Labute approximate surface area is 116 Å². The minimum absolute atomic E-state index is 0.528. The molecule has 0 saturated heterocycles. The molecular weight excluding hydrogens is 258 g/mol. The van der Waals surface area contributed by atoms with Crippen LogP contribution in [0.5, 0.6) is 0 Å². The molecule has 0 fully saturated rings. The predicted molar refractivity (Wildman–Crippen MR) is 78.3 cm³/mol. The van der Waals surface area contributed by atoms with E-state index in [1.54, 1.807) is 0 Å². The van der Waals surface area contributed by atoms with Crippen molar-refractivity contribution in [3.05, 3.63) is 58.9 Å². The number of halogens is 1. The van der Waals surface area contributed by atoms with Crippen LogP contribution in [0.4, 0.5) is 0 Å². The molecule has 0 amide bonds. The molecule has 19 heavy (non-hydrogen) atoms. The zero-order chi connectivity index (χ0) is 13.4. The van der Waals surface area contributed by atoms with Gasteiger partial charge in [0.25, 0.3) is 0 Å². The summed E-state index contributed by atoms with van der Waals surface area (Å²) in [7, 11) is 0. The third kappa shape index (κ3) is 2.11. The molecule has 0 aliphatic rings. The fraction of sp³-hybridized carbons (Fsp3) is 0.133. The van der Waals surface area contributed by atoms with E-state index in [1.807, 2.05) is 42.6 Å². The van der Waals surface area contributed by atoms with Crippen LogP contribution in [0.15, 0.2) is 42.6 Å². The summed E-state index contributed by atoms with van der Waals surface area (Å²) in [4.78, 5) is 4.66. The summed E-state index contributed by atoms with van der Waals surface area (Å²) < 4.78 is 2.07. The summed E-state index contributed by atoms with van der Waals surface area (Å²) in [6.45, 7) is 2.58. The first-order chi connectivity index (χ1) is 9.19. The lowest BCUT2D eigenvalue weighted by molar-refractivity contribution is 1.01. The molecule has 3 aromatic rings. The van der Waals surface area contributed by atoms with E-state index in [1.165, 1.54) is 0 Å². The van der Waals surface area contributed by atoms with E-state index in [9.17, 15) is 0 Å². The predicted octanol–water partition coefficient (Wildman–Crippen LogP) is 3.42. The molecule has 1 aromatic carbocycles. The molecule has 0 radical (unpaired) electrons. The molecule has 2 heterocycles. The number of nitrogens with two attached hydrogens (primary N) is 1. The summed E-state index contributed by atoms with van der Waals surface area (Å²) in [6, 6.07) is 11.7. The van der Waals surface area contributed by atoms with Crippen molar-refractivity contribution >= 4 is 17.2 Å². The van der Waals surface area contributed by atoms with E-state index in [4.69, 9.17) is 17.3 Å². The van der Waals surface area contributed by atoms with Gasteiger partial charge in [-0.05, 0) is 30.7 Å². The lowest BCUT2D eigenvalue weighted by atomic mass is 10.1. The average Bonchev–Trinajstić information content (AvgIpc) is 2.76. The normalized spacial score (nSPS) is 11.1. The van der Waals surface area contributed by atoms with E-state index in [2.05, 4.69) is 16.3 Å². The van der Waals surface area contributed by atoms with Crippen molar-refractivity contribution in [2.75, 3.05) is 0 Å². The number of fused-ring (bicyclic) bond motifs is 1. The standard InChI is InChI=1S/C15H14ClN3/c1-10-15(12-3-2-4-13(16)7-12)18-14-6-5-11(8-17)9-19(10)14/h2-7,9H,8,17H2,1H3. The van der Waals surface area contributed by atoms with Crippen molar-refractivity contribution in [3.63, 3.8) is 0 Å². The molecule has 0 saturated carbocycles. The number of pyridine rings is 1. The SMILES string of the molecule is Cc1c(-c2cccc(Cl)c2)nc2ccc(CN)cn12. The molecule has 0 atom stereocenters. The topological polar surface area (TPSA) is 43.3 Å². The smallest absolute Gasteiger partial charge is 0.137 e. The Balaban J connectivity index is 2.22. The van der Waals surface area contributed by atoms with Gasteiger partial charge in [0.05, 0.1) is 5.69 Å². The van der Waals surface area contributed by atoms with E-state index in [0.29, 0.717) is 6.54 Å². The Morgan fingerprint density at radius 2 is 2.11 bits per heavy atom. The monoisotopic (exact) mass is 271 g/mol. The van der Waals surface area contributed by atoms with Crippen LogP contribution in [-0.4, -0.2) is 9.38 Å². The number of aryl methyl sites for hydroxylation is 1. The average molecular weight is 272 g/mol. The number of benzene rings is 1. The number of rotatable bonds is 2. The van der Waals surface area contributed by atoms with Crippen LogP contribution in [0, 0.1) is 6.92 Å². The highest BCUT2D eigenvalue weighted by Crippen LogP contribution is 2.26. The zero-order valence-electron chi connectivity index (χ0n) is 10.6. The van der Waals surface area contributed by atoms with Gasteiger partial charge in [-0.3, -0.25) is 0 Å². The maximum Gasteiger partial charge on any atom is 0.137 e. The number of aromatic nitrogens is 2. The van der Waals surface area contributed by atoms with Crippen LogP contribution in [0.25, 0.3) is 16.9 Å². The molecule has 0 bridgehead atoms. The second-order valence-electron chi connectivity index (χ2n) is 4.53. The van der Waals surface area contributed by atoms with Gasteiger partial charge in [0, 0.05) is 29.0 Å². The zero-order valence-corrected chi connectivity index (χ0v) is 11.4. The van der Waals surface area contributed by atoms with Crippen molar-refractivity contribution in [1.82, 2.24) is 9.38 Å². The van der Waals surface area contributed by atoms with Crippen LogP contribution >= 0.6 is 11.6 Å². The number of hydrogen-bond acceptors (Lipinski definition) is 2. The van der Waals surface area contributed by atoms with Gasteiger partial charge in [-0.2, -0.15) is 0 Å². The van der Waals surface area contributed by atoms with Crippen LogP contribution in [0.3, 0.4) is 0 Å². The first-order valence-electron chi connectivity index (χ1n) is 6.12. The number of nitrogens with zero attached hydrogens (tertiary/aromatic N) is 2. The van der Waals surface area contributed by atoms with Crippen LogP contribution in [0.1, 0.15) is 11.3 Å². The summed E-state index contributed by atoms with van der Waals surface area (Å²) >= 11 is 6.04. The van der Waals surface area contributed by atoms with Crippen molar-refractivity contribution in [2.24, 2.45) is 5.73 Å². The van der Waals surface area contributed by atoms with Crippen molar-refractivity contribution in [3.8, 4) is 11.3 Å². The third-order valence-electron chi connectivity index (χ3n) is 3.25. The highest BCUT2D eigenvalue weighted by Gasteiger charge is 2.10. The van der Waals surface area contributed by atoms with Crippen molar-refractivity contribution in [2.45, 2.75) is 13.5 Å². The van der Waals surface area contributed by atoms with Gasteiger partial charge in [-0.25, -0.2) is 4.98 Å². The van der Waals surface area contributed by atoms with Gasteiger partial charge in [0.2, 0.25) is 0 Å². The summed E-state index contributed by atoms with van der Waals surface area (Å²) in [5, 5.41) is 0.719. The second-order valence-corrected chi connectivity index (χ2v) is 4.96. The molecule has 0 unspecified atom stereocenters. The Kier molecular flexibility index (Phi) is 3.01. The fourth-order valence-corrected chi connectivity index (χ4v) is 2.43. The maximum atomic E-state index is 6.04. The minimum Gasteiger partial charge on any atom is -0.326 e. The van der Waals surface area contributed by atoms with Gasteiger partial charge in [0.15, 0.2) is 0 Å². The van der Waals surface area contributed by atoms with E-state index in [-0.39, 0.29) is 0 Å². The lowest BCUT2D eigenvalue weighted by Gasteiger charge is -2.01. The molecule has 0 aliphatic carbocycles. The summed E-state index contributed by atoms with van der Waals surface area (Å²) in [5.41, 5.74) is 10.8. The highest BCUT2D eigenvalue weighted by molar-refractivity contribution is 6.30. The van der Waals surface area contributed by atoms with E-state index >= 15 is 0 Å². The second kappa shape index (κ2) is 4.68. The first-order valence-corrected chi connectivity index (χ1v) is 6.50. The van der Waals surface area contributed by atoms with Crippen LogP contribution in [-0.2, 0) is 6.54 Å².